The number of hydrogen-bond donors (Lipinski definition) is 0. The monoisotopic (exact) mass is 416 g/mol. The first-order valence-electron chi connectivity index (χ1n) is 12.5. The van der Waals surface area contributed by atoms with Gasteiger partial charge in [-0.05, 0) is 19.4 Å². The zero-order valence-corrected chi connectivity index (χ0v) is 20.0. The Labute approximate surface area is 185 Å². The molecule has 170 valence electrons. The number of pyridine rings is 1. The average Bonchev–Trinajstić information content (AvgIpc) is 2.74. The minimum atomic E-state index is -0.348. The lowest BCUT2D eigenvalue weighted by atomic mass is 10.0. The van der Waals surface area contributed by atoms with Gasteiger partial charge < -0.3 is 4.74 Å². The number of hydrogen-bond acceptors (Lipinski definition) is 2. The van der Waals surface area contributed by atoms with E-state index >= 15 is 0 Å². The van der Waals surface area contributed by atoms with Gasteiger partial charge in [-0.25, -0.2) is 4.79 Å². The van der Waals surface area contributed by atoms with Crippen molar-refractivity contribution in [3.63, 3.8) is 0 Å². The normalized spacial score (nSPS) is 10.9. The van der Waals surface area contributed by atoms with E-state index in [9.17, 15) is 4.79 Å². The smallest absolute Gasteiger partial charge is 0.338 e. The van der Waals surface area contributed by atoms with Crippen molar-refractivity contribution in [1.29, 1.82) is 0 Å². The Morgan fingerprint density at radius 1 is 0.867 bits per heavy atom. The molecule has 1 rings (SSSR count). The molecule has 3 heteroatoms. The van der Waals surface area contributed by atoms with Gasteiger partial charge in [-0.1, -0.05) is 97.5 Å². The number of aryl methyl sites for hydroxylation is 1. The Bertz CT molecular complexity index is 609. The molecule has 0 saturated heterocycles. The topological polar surface area (TPSA) is 30.2 Å². The molecule has 0 atom stereocenters. The maximum absolute atomic E-state index is 11.9. The number of aromatic nitrogens is 1. The second-order valence-electron chi connectivity index (χ2n) is 8.63. The fraction of sp³-hybridized carbons (Fsp3) is 0.704. The summed E-state index contributed by atoms with van der Waals surface area (Å²) in [5.74, 6) is 0.317. The van der Waals surface area contributed by atoms with Crippen LogP contribution in [-0.4, -0.2) is 5.97 Å². The molecule has 0 N–H and O–H groups in total. The fourth-order valence-corrected chi connectivity index (χ4v) is 3.91. The maximum Gasteiger partial charge on any atom is 0.338 e. The van der Waals surface area contributed by atoms with E-state index in [2.05, 4.69) is 31.2 Å². The first kappa shape index (κ1) is 26.4. The third-order valence-electron chi connectivity index (χ3n) is 5.78. The standard InChI is InChI=1S/C27H46NO2/c1-5-7-8-9-10-11-12-13-14-15-16-17-18-19-22-28-23-20-21-26(25(28)6-2)30-27(29)24(3)4/h20-21,23H,3,5-19,22H2,1-2,4H3/q+1. The largest absolute Gasteiger partial charge is 0.416 e. The van der Waals surface area contributed by atoms with Crippen LogP contribution in [0.5, 0.6) is 5.75 Å². The van der Waals surface area contributed by atoms with E-state index in [1.807, 2.05) is 12.1 Å². The summed E-state index contributed by atoms with van der Waals surface area (Å²) in [6, 6.07) is 3.84. The number of esters is 1. The van der Waals surface area contributed by atoms with Gasteiger partial charge in [0.05, 0.1) is 0 Å². The highest BCUT2D eigenvalue weighted by atomic mass is 16.5. The number of ether oxygens (including phenoxy) is 1. The molecule has 0 aliphatic carbocycles. The Balaban J connectivity index is 2.14. The van der Waals surface area contributed by atoms with Crippen LogP contribution in [0.15, 0.2) is 30.5 Å². The van der Waals surface area contributed by atoms with Crippen LogP contribution in [0, 0.1) is 0 Å². The molecule has 0 aliphatic heterocycles. The van der Waals surface area contributed by atoms with Crippen molar-refractivity contribution in [2.75, 3.05) is 0 Å². The number of carbonyl (C=O) groups excluding carboxylic acids is 1. The molecule has 0 aliphatic rings. The molecule has 0 bridgehead atoms. The zero-order chi connectivity index (χ0) is 22.0. The third-order valence-corrected chi connectivity index (χ3v) is 5.78. The van der Waals surface area contributed by atoms with Gasteiger partial charge in [-0.2, -0.15) is 4.57 Å². The molecule has 0 unspecified atom stereocenters. The summed E-state index contributed by atoms with van der Waals surface area (Å²) in [6.45, 7) is 10.7. The lowest BCUT2D eigenvalue weighted by Crippen LogP contribution is -2.38. The highest BCUT2D eigenvalue weighted by molar-refractivity contribution is 5.88. The molecule has 0 aromatic carbocycles. The number of carbonyl (C=O) groups is 1. The summed E-state index contributed by atoms with van der Waals surface area (Å²) in [7, 11) is 0. The second-order valence-corrected chi connectivity index (χ2v) is 8.63. The minimum Gasteiger partial charge on any atom is -0.416 e. The van der Waals surface area contributed by atoms with E-state index in [0.717, 1.165) is 18.7 Å². The van der Waals surface area contributed by atoms with Crippen LogP contribution in [0.3, 0.4) is 0 Å². The molecule has 0 spiro atoms. The molecule has 3 nitrogen and oxygen atoms in total. The Morgan fingerprint density at radius 2 is 1.37 bits per heavy atom. The molecule has 1 aromatic heterocycles. The van der Waals surface area contributed by atoms with E-state index in [1.165, 1.54) is 89.9 Å². The molecular weight excluding hydrogens is 370 g/mol. The lowest BCUT2D eigenvalue weighted by Gasteiger charge is -2.09. The summed E-state index contributed by atoms with van der Waals surface area (Å²) in [4.78, 5) is 11.9. The average molecular weight is 417 g/mol. The van der Waals surface area contributed by atoms with Crippen molar-refractivity contribution in [3.8, 4) is 5.75 Å². The predicted octanol–water partition coefficient (Wildman–Crippen LogP) is 7.50. The van der Waals surface area contributed by atoms with Crippen LogP contribution >= 0.6 is 0 Å². The number of unbranched alkanes of at least 4 members (excludes halogenated alkanes) is 13. The van der Waals surface area contributed by atoms with Gasteiger partial charge in [0.2, 0.25) is 5.69 Å². The zero-order valence-electron chi connectivity index (χ0n) is 20.0. The molecule has 1 heterocycles. The Morgan fingerprint density at radius 3 is 1.83 bits per heavy atom. The van der Waals surface area contributed by atoms with Gasteiger partial charge >= 0.3 is 5.97 Å². The molecule has 0 amide bonds. The summed E-state index contributed by atoms with van der Waals surface area (Å²) in [5, 5.41) is 0. The van der Waals surface area contributed by atoms with Crippen LogP contribution in [0.25, 0.3) is 0 Å². The van der Waals surface area contributed by atoms with Crippen LogP contribution in [0.1, 0.15) is 116 Å². The highest BCUT2D eigenvalue weighted by Crippen LogP contribution is 2.17. The molecule has 30 heavy (non-hydrogen) atoms. The van der Waals surface area contributed by atoms with Crippen molar-refractivity contribution >= 4 is 5.97 Å². The maximum atomic E-state index is 11.9. The van der Waals surface area contributed by atoms with E-state index in [-0.39, 0.29) is 5.97 Å². The van der Waals surface area contributed by atoms with E-state index < -0.39 is 0 Å². The van der Waals surface area contributed by atoms with E-state index in [0.29, 0.717) is 11.3 Å². The van der Waals surface area contributed by atoms with Crippen LogP contribution in [-0.2, 0) is 17.8 Å². The number of rotatable bonds is 18. The fourth-order valence-electron chi connectivity index (χ4n) is 3.91. The predicted molar refractivity (Wildman–Crippen MR) is 127 cm³/mol. The number of nitrogens with zero attached hydrogens (tertiary/aromatic N) is 1. The van der Waals surface area contributed by atoms with Crippen molar-refractivity contribution in [3.05, 3.63) is 36.2 Å². The van der Waals surface area contributed by atoms with Gasteiger partial charge in [0.15, 0.2) is 11.9 Å². The van der Waals surface area contributed by atoms with Crippen LogP contribution in [0.4, 0.5) is 0 Å². The minimum absolute atomic E-state index is 0.348. The van der Waals surface area contributed by atoms with Gasteiger partial charge in [-0.3, -0.25) is 0 Å². The summed E-state index contributed by atoms with van der Waals surface area (Å²) in [5.41, 5.74) is 1.52. The lowest BCUT2D eigenvalue weighted by molar-refractivity contribution is -0.704. The van der Waals surface area contributed by atoms with E-state index in [4.69, 9.17) is 4.74 Å². The van der Waals surface area contributed by atoms with Gasteiger partial charge in [0, 0.05) is 24.5 Å². The first-order valence-corrected chi connectivity index (χ1v) is 12.5. The molecule has 0 saturated carbocycles. The Kier molecular flexibility index (Phi) is 15.0. The molecular formula is C27H46NO2+. The van der Waals surface area contributed by atoms with Gasteiger partial charge in [0.25, 0.3) is 0 Å². The van der Waals surface area contributed by atoms with Gasteiger partial charge in [-0.15, -0.1) is 0 Å². The SMILES string of the molecule is C=C(C)C(=O)Oc1ccc[n+](CCCCCCCCCCCCCCCC)c1CC. The molecule has 1 aromatic rings. The van der Waals surface area contributed by atoms with Crippen molar-refractivity contribution in [2.45, 2.75) is 124 Å². The van der Waals surface area contributed by atoms with E-state index in [1.54, 1.807) is 6.92 Å². The highest BCUT2D eigenvalue weighted by Gasteiger charge is 2.18. The van der Waals surface area contributed by atoms with Crippen LogP contribution in [0.2, 0.25) is 0 Å². The van der Waals surface area contributed by atoms with Gasteiger partial charge in [0.1, 0.15) is 6.54 Å². The van der Waals surface area contributed by atoms with Crippen LogP contribution < -0.4 is 9.30 Å². The van der Waals surface area contributed by atoms with Crippen molar-refractivity contribution < 1.29 is 14.1 Å². The van der Waals surface area contributed by atoms with Crippen molar-refractivity contribution in [2.24, 2.45) is 0 Å². The summed E-state index contributed by atoms with van der Waals surface area (Å²) < 4.78 is 7.74. The molecule has 0 radical (unpaired) electrons. The summed E-state index contributed by atoms with van der Waals surface area (Å²) in [6.07, 6.45) is 22.2. The Hall–Kier alpha value is -1.64. The molecule has 0 fully saturated rings. The second kappa shape index (κ2) is 17.1. The quantitative estimate of drug-likeness (QED) is 0.107. The first-order chi connectivity index (χ1) is 14.6. The third kappa shape index (κ3) is 11.5. The van der Waals surface area contributed by atoms with Crippen molar-refractivity contribution in [1.82, 2.24) is 0 Å². The summed E-state index contributed by atoms with van der Waals surface area (Å²) >= 11 is 0.